The minimum Gasteiger partial charge on any atom is -0.395 e. The van der Waals surface area contributed by atoms with Crippen molar-refractivity contribution < 1.29 is 9.90 Å². The number of amides is 1. The average molecular weight is 209 g/mol. The molecule has 1 saturated heterocycles. The van der Waals surface area contributed by atoms with Crippen LogP contribution in [-0.2, 0) is 4.79 Å². The number of halogens is 1. The number of hydrogen-bond acceptors (Lipinski definition) is 3. The summed E-state index contributed by atoms with van der Waals surface area (Å²) in [6, 6.07) is -0.0125. The van der Waals surface area contributed by atoms with Gasteiger partial charge in [-0.3, -0.25) is 4.79 Å². The molecule has 0 aliphatic carbocycles. The normalized spacial score (nSPS) is 20.9. The predicted molar refractivity (Wildman–Crippen MR) is 53.0 cm³/mol. The summed E-state index contributed by atoms with van der Waals surface area (Å²) < 4.78 is 0. The van der Waals surface area contributed by atoms with Gasteiger partial charge in [-0.1, -0.05) is 0 Å². The molecule has 0 radical (unpaired) electrons. The van der Waals surface area contributed by atoms with Gasteiger partial charge in [-0.05, 0) is 19.4 Å². The number of rotatable bonds is 3. The highest BCUT2D eigenvalue weighted by molar-refractivity contribution is 5.85. The predicted octanol–water partition coefficient (Wildman–Crippen LogP) is -0.389. The number of nitrogens with zero attached hydrogens (tertiary/aromatic N) is 1. The molecular weight excluding hydrogens is 192 g/mol. The molecule has 4 nitrogen and oxygen atoms in total. The van der Waals surface area contributed by atoms with Gasteiger partial charge in [-0.25, -0.2) is 0 Å². The molecule has 78 valence electrons. The summed E-state index contributed by atoms with van der Waals surface area (Å²) in [6.07, 6.45) is 2.00. The molecule has 0 aromatic carbocycles. The van der Waals surface area contributed by atoms with E-state index in [0.717, 1.165) is 19.4 Å². The van der Waals surface area contributed by atoms with Gasteiger partial charge in [0.15, 0.2) is 0 Å². The van der Waals surface area contributed by atoms with Crippen molar-refractivity contribution in [2.45, 2.75) is 18.9 Å². The lowest BCUT2D eigenvalue weighted by atomic mass is 10.2. The number of aliphatic hydroxyl groups excluding tert-OH is 1. The van der Waals surface area contributed by atoms with Gasteiger partial charge in [0.25, 0.3) is 0 Å². The third-order valence-electron chi connectivity index (χ3n) is 2.17. The third kappa shape index (κ3) is 3.50. The molecule has 5 heteroatoms. The molecule has 1 fully saturated rings. The molecular formula is C8H17ClN2O2. The van der Waals surface area contributed by atoms with Crippen molar-refractivity contribution in [3.8, 4) is 0 Å². The van der Waals surface area contributed by atoms with Crippen molar-refractivity contribution >= 4 is 18.3 Å². The van der Waals surface area contributed by atoms with Gasteiger partial charge >= 0.3 is 0 Å². The summed E-state index contributed by atoms with van der Waals surface area (Å²) in [5, 5.41) is 11.7. The number of likely N-dealkylation sites (N-methyl/N-ethyl adjacent to an activating group) is 1. The SMILES string of the molecule is CN(CCO)C(=O)C1CCCN1.Cl. The van der Waals surface area contributed by atoms with Gasteiger partial charge in [-0.2, -0.15) is 0 Å². The first kappa shape index (κ1) is 12.7. The fourth-order valence-corrected chi connectivity index (χ4v) is 1.42. The van der Waals surface area contributed by atoms with Crippen LogP contribution in [0.2, 0.25) is 0 Å². The Morgan fingerprint density at radius 1 is 1.69 bits per heavy atom. The molecule has 1 aliphatic rings. The maximum absolute atomic E-state index is 11.5. The van der Waals surface area contributed by atoms with E-state index in [0.29, 0.717) is 6.54 Å². The molecule has 1 rings (SSSR count). The molecule has 0 aromatic rings. The Balaban J connectivity index is 0.00000144. The van der Waals surface area contributed by atoms with E-state index < -0.39 is 0 Å². The first-order valence-electron chi connectivity index (χ1n) is 4.35. The van der Waals surface area contributed by atoms with E-state index >= 15 is 0 Å². The van der Waals surface area contributed by atoms with Crippen molar-refractivity contribution in [1.82, 2.24) is 10.2 Å². The highest BCUT2D eigenvalue weighted by atomic mass is 35.5. The number of carbonyl (C=O) groups is 1. The van der Waals surface area contributed by atoms with Crippen LogP contribution in [0.5, 0.6) is 0 Å². The lowest BCUT2D eigenvalue weighted by molar-refractivity contribution is -0.132. The maximum Gasteiger partial charge on any atom is 0.239 e. The zero-order valence-electron chi connectivity index (χ0n) is 7.82. The van der Waals surface area contributed by atoms with Crippen molar-refractivity contribution in [1.29, 1.82) is 0 Å². The fourth-order valence-electron chi connectivity index (χ4n) is 1.42. The molecule has 0 saturated carbocycles. The van der Waals surface area contributed by atoms with Crippen LogP contribution in [0.25, 0.3) is 0 Å². The molecule has 1 atom stereocenters. The van der Waals surface area contributed by atoms with E-state index in [1.165, 1.54) is 0 Å². The van der Waals surface area contributed by atoms with E-state index in [1.54, 1.807) is 11.9 Å². The van der Waals surface area contributed by atoms with Gasteiger partial charge in [0.05, 0.1) is 12.6 Å². The molecule has 0 aromatic heterocycles. The second kappa shape index (κ2) is 6.18. The molecule has 1 heterocycles. The fraction of sp³-hybridized carbons (Fsp3) is 0.875. The Hall–Kier alpha value is -0.320. The summed E-state index contributed by atoms with van der Waals surface area (Å²) >= 11 is 0. The number of carbonyl (C=O) groups excluding carboxylic acids is 1. The third-order valence-corrected chi connectivity index (χ3v) is 2.17. The van der Waals surface area contributed by atoms with Crippen LogP contribution in [0.4, 0.5) is 0 Å². The first-order chi connectivity index (χ1) is 5.75. The van der Waals surface area contributed by atoms with Crippen molar-refractivity contribution in [2.24, 2.45) is 0 Å². The monoisotopic (exact) mass is 208 g/mol. The molecule has 0 bridgehead atoms. The minimum atomic E-state index is -0.0125. The van der Waals surface area contributed by atoms with Crippen LogP contribution >= 0.6 is 12.4 Å². The van der Waals surface area contributed by atoms with Crippen LogP contribution in [0, 0.1) is 0 Å². The summed E-state index contributed by atoms with van der Waals surface area (Å²) in [7, 11) is 1.72. The average Bonchev–Trinajstić information content (AvgIpc) is 2.55. The lowest BCUT2D eigenvalue weighted by Crippen LogP contribution is -2.42. The van der Waals surface area contributed by atoms with E-state index in [2.05, 4.69) is 5.32 Å². The molecule has 13 heavy (non-hydrogen) atoms. The highest BCUT2D eigenvalue weighted by Crippen LogP contribution is 2.07. The second-order valence-electron chi connectivity index (χ2n) is 3.13. The summed E-state index contributed by atoms with van der Waals surface area (Å²) in [6.45, 7) is 1.40. The number of hydrogen-bond donors (Lipinski definition) is 2. The Kier molecular flexibility index (Phi) is 6.03. The molecule has 0 spiro atoms. The minimum absolute atomic E-state index is 0. The topological polar surface area (TPSA) is 52.6 Å². The van der Waals surface area contributed by atoms with Crippen LogP contribution in [-0.4, -0.2) is 48.7 Å². The standard InChI is InChI=1S/C8H16N2O2.ClH/c1-10(5-6-11)8(12)7-3-2-4-9-7;/h7,9,11H,2-6H2,1H3;1H. The lowest BCUT2D eigenvalue weighted by Gasteiger charge is -2.19. The van der Waals surface area contributed by atoms with Crippen LogP contribution in [0.15, 0.2) is 0 Å². The maximum atomic E-state index is 11.5. The van der Waals surface area contributed by atoms with Crippen molar-refractivity contribution in [3.05, 3.63) is 0 Å². The Bertz CT molecular complexity index is 160. The quantitative estimate of drug-likeness (QED) is 0.665. The van der Waals surface area contributed by atoms with E-state index in [4.69, 9.17) is 5.11 Å². The van der Waals surface area contributed by atoms with Crippen molar-refractivity contribution in [2.75, 3.05) is 26.7 Å². The Morgan fingerprint density at radius 2 is 2.38 bits per heavy atom. The molecule has 1 amide bonds. The highest BCUT2D eigenvalue weighted by Gasteiger charge is 2.24. The van der Waals surface area contributed by atoms with Gasteiger partial charge < -0.3 is 15.3 Å². The number of nitrogens with one attached hydrogen (secondary N) is 1. The van der Waals surface area contributed by atoms with E-state index in [-0.39, 0.29) is 31.0 Å². The van der Waals surface area contributed by atoms with Crippen molar-refractivity contribution in [3.63, 3.8) is 0 Å². The first-order valence-corrected chi connectivity index (χ1v) is 4.35. The number of aliphatic hydroxyl groups is 1. The zero-order chi connectivity index (χ0) is 8.97. The van der Waals surface area contributed by atoms with Gasteiger partial charge in [0.1, 0.15) is 0 Å². The van der Waals surface area contributed by atoms with Crippen LogP contribution < -0.4 is 5.32 Å². The summed E-state index contributed by atoms with van der Waals surface area (Å²) in [5.74, 6) is 0.0987. The van der Waals surface area contributed by atoms with Gasteiger partial charge in [0, 0.05) is 13.6 Å². The Labute approximate surface area is 84.7 Å². The van der Waals surface area contributed by atoms with Crippen LogP contribution in [0.1, 0.15) is 12.8 Å². The largest absolute Gasteiger partial charge is 0.395 e. The molecule has 1 unspecified atom stereocenters. The van der Waals surface area contributed by atoms with Crippen LogP contribution in [0.3, 0.4) is 0 Å². The molecule has 2 N–H and O–H groups in total. The second-order valence-corrected chi connectivity index (χ2v) is 3.13. The van der Waals surface area contributed by atoms with Gasteiger partial charge in [-0.15, -0.1) is 12.4 Å². The zero-order valence-corrected chi connectivity index (χ0v) is 8.64. The Morgan fingerprint density at radius 3 is 2.85 bits per heavy atom. The summed E-state index contributed by atoms with van der Waals surface area (Å²) in [4.78, 5) is 13.1. The summed E-state index contributed by atoms with van der Waals surface area (Å²) in [5.41, 5.74) is 0. The van der Waals surface area contributed by atoms with Gasteiger partial charge in [0.2, 0.25) is 5.91 Å². The molecule has 1 aliphatic heterocycles. The van der Waals surface area contributed by atoms with E-state index in [9.17, 15) is 4.79 Å². The van der Waals surface area contributed by atoms with E-state index in [1.807, 2.05) is 0 Å². The smallest absolute Gasteiger partial charge is 0.239 e.